The summed E-state index contributed by atoms with van der Waals surface area (Å²) in [4.78, 5) is 11.8. The summed E-state index contributed by atoms with van der Waals surface area (Å²) in [5, 5.41) is 6.88. The zero-order valence-corrected chi connectivity index (χ0v) is 13.2. The number of aromatic nitrogens is 2. The number of hydrogen-bond donors (Lipinski definition) is 1. The molecule has 5 nitrogen and oxygen atoms in total. The molecular formula is C18H15F2N3O2. The normalized spacial score (nSPS) is 10.5. The van der Waals surface area contributed by atoms with Crippen LogP contribution in [0.1, 0.15) is 5.56 Å². The first-order valence-electron chi connectivity index (χ1n) is 7.55. The van der Waals surface area contributed by atoms with Crippen LogP contribution in [0, 0.1) is 11.6 Å². The summed E-state index contributed by atoms with van der Waals surface area (Å²) < 4.78 is 32.9. The second-order valence-electron chi connectivity index (χ2n) is 5.27. The number of hydrogen-bond acceptors (Lipinski definition) is 3. The van der Waals surface area contributed by atoms with Gasteiger partial charge in [-0.1, -0.05) is 18.2 Å². The molecule has 25 heavy (non-hydrogen) atoms. The third kappa shape index (κ3) is 4.41. The van der Waals surface area contributed by atoms with E-state index in [2.05, 4.69) is 10.4 Å². The molecular weight excluding hydrogens is 328 g/mol. The fourth-order valence-electron chi connectivity index (χ4n) is 2.16. The molecule has 0 saturated carbocycles. The fourth-order valence-corrected chi connectivity index (χ4v) is 2.16. The fraction of sp³-hybridized carbons (Fsp3) is 0.111. The quantitative estimate of drug-likeness (QED) is 0.749. The molecule has 3 aromatic rings. The van der Waals surface area contributed by atoms with Crippen LogP contribution < -0.4 is 10.1 Å². The van der Waals surface area contributed by atoms with Crippen molar-refractivity contribution < 1.29 is 18.3 Å². The van der Waals surface area contributed by atoms with E-state index in [0.717, 1.165) is 23.4 Å². The van der Waals surface area contributed by atoms with Crippen molar-refractivity contribution in [3.63, 3.8) is 0 Å². The molecule has 0 unspecified atom stereocenters. The molecule has 0 radical (unpaired) electrons. The lowest BCUT2D eigenvalue weighted by atomic mass is 10.3. The molecule has 1 N–H and O–H groups in total. The van der Waals surface area contributed by atoms with Crippen molar-refractivity contribution in [2.24, 2.45) is 0 Å². The van der Waals surface area contributed by atoms with Gasteiger partial charge in [-0.25, -0.2) is 13.5 Å². The molecule has 1 heterocycles. The highest BCUT2D eigenvalue weighted by molar-refractivity contribution is 5.77. The average molecular weight is 343 g/mol. The van der Waals surface area contributed by atoms with Crippen molar-refractivity contribution in [1.82, 2.24) is 15.1 Å². The van der Waals surface area contributed by atoms with E-state index in [0.29, 0.717) is 6.07 Å². The molecule has 3 rings (SSSR count). The molecule has 0 bridgehead atoms. The molecule has 7 heteroatoms. The number of amides is 1. The molecule has 0 aliphatic carbocycles. The first-order chi connectivity index (χ1) is 12.1. The van der Waals surface area contributed by atoms with E-state index in [-0.39, 0.29) is 18.9 Å². The second-order valence-corrected chi connectivity index (χ2v) is 5.27. The third-order valence-corrected chi connectivity index (χ3v) is 3.40. The first kappa shape index (κ1) is 16.6. The summed E-state index contributed by atoms with van der Waals surface area (Å²) in [7, 11) is 0. The first-order valence-corrected chi connectivity index (χ1v) is 7.55. The Balaban J connectivity index is 1.50. The van der Waals surface area contributed by atoms with Crippen molar-refractivity contribution in [2.45, 2.75) is 6.54 Å². The van der Waals surface area contributed by atoms with Crippen molar-refractivity contribution in [3.8, 4) is 11.4 Å². The van der Waals surface area contributed by atoms with E-state index in [9.17, 15) is 13.6 Å². The SMILES string of the molecule is O=C(COc1ccc(F)cc1F)NCc1cnn(-c2ccccc2)c1. The summed E-state index contributed by atoms with van der Waals surface area (Å²) in [5.74, 6) is -2.15. The van der Waals surface area contributed by atoms with Crippen molar-refractivity contribution >= 4 is 5.91 Å². The summed E-state index contributed by atoms with van der Waals surface area (Å²) in [6.45, 7) is -0.101. The van der Waals surface area contributed by atoms with Gasteiger partial charge in [0.15, 0.2) is 18.2 Å². The van der Waals surface area contributed by atoms with Crippen LogP contribution in [0.3, 0.4) is 0 Å². The molecule has 2 aromatic carbocycles. The summed E-state index contributed by atoms with van der Waals surface area (Å²) in [6, 6.07) is 12.5. The average Bonchev–Trinajstić information content (AvgIpc) is 3.09. The van der Waals surface area contributed by atoms with E-state index >= 15 is 0 Å². The lowest BCUT2D eigenvalue weighted by Crippen LogP contribution is -2.28. The van der Waals surface area contributed by atoms with Gasteiger partial charge >= 0.3 is 0 Å². The van der Waals surface area contributed by atoms with Gasteiger partial charge in [0.2, 0.25) is 0 Å². The number of benzene rings is 2. The lowest BCUT2D eigenvalue weighted by Gasteiger charge is -2.07. The topological polar surface area (TPSA) is 56.1 Å². The Kier molecular flexibility index (Phi) is 5.03. The third-order valence-electron chi connectivity index (χ3n) is 3.40. The Morgan fingerprint density at radius 3 is 2.72 bits per heavy atom. The number of carbonyl (C=O) groups excluding carboxylic acids is 1. The largest absolute Gasteiger partial charge is 0.481 e. The van der Waals surface area contributed by atoms with E-state index in [1.165, 1.54) is 0 Å². The van der Waals surface area contributed by atoms with Gasteiger partial charge in [0.1, 0.15) is 5.82 Å². The van der Waals surface area contributed by atoms with Crippen molar-refractivity contribution in [1.29, 1.82) is 0 Å². The van der Waals surface area contributed by atoms with Gasteiger partial charge in [-0.05, 0) is 24.3 Å². The van der Waals surface area contributed by atoms with Gasteiger partial charge in [-0.3, -0.25) is 4.79 Å². The van der Waals surface area contributed by atoms with Gasteiger partial charge in [-0.2, -0.15) is 5.10 Å². The molecule has 1 aromatic heterocycles. The Bertz CT molecular complexity index is 866. The van der Waals surface area contributed by atoms with Crippen LogP contribution in [-0.4, -0.2) is 22.3 Å². The number of carbonyl (C=O) groups is 1. The van der Waals surface area contributed by atoms with Gasteiger partial charge < -0.3 is 10.1 Å². The molecule has 0 saturated heterocycles. The highest BCUT2D eigenvalue weighted by Crippen LogP contribution is 2.17. The number of ether oxygens (including phenoxy) is 1. The highest BCUT2D eigenvalue weighted by atomic mass is 19.1. The van der Waals surface area contributed by atoms with Crippen LogP contribution in [0.15, 0.2) is 60.9 Å². The van der Waals surface area contributed by atoms with E-state index in [1.54, 1.807) is 17.1 Å². The Morgan fingerprint density at radius 1 is 1.16 bits per heavy atom. The monoisotopic (exact) mass is 343 g/mol. The van der Waals surface area contributed by atoms with E-state index < -0.39 is 17.5 Å². The molecule has 0 aliphatic rings. The number of halogens is 2. The molecule has 0 atom stereocenters. The van der Waals surface area contributed by atoms with Crippen LogP contribution >= 0.6 is 0 Å². The maximum absolute atomic E-state index is 13.4. The Labute approximate surface area is 142 Å². The van der Waals surface area contributed by atoms with Crippen LogP contribution in [0.25, 0.3) is 5.69 Å². The summed E-state index contributed by atoms with van der Waals surface area (Å²) in [6.07, 6.45) is 3.45. The number of nitrogens with one attached hydrogen (secondary N) is 1. The molecule has 0 spiro atoms. The van der Waals surface area contributed by atoms with Gasteiger partial charge in [-0.15, -0.1) is 0 Å². The zero-order valence-electron chi connectivity index (χ0n) is 13.2. The molecule has 1 amide bonds. The van der Waals surface area contributed by atoms with E-state index in [1.807, 2.05) is 30.3 Å². The van der Waals surface area contributed by atoms with Gasteiger partial charge in [0, 0.05) is 24.4 Å². The standard InChI is InChI=1S/C18H15F2N3O2/c19-14-6-7-17(16(20)8-14)25-12-18(24)21-9-13-10-22-23(11-13)15-4-2-1-3-5-15/h1-8,10-11H,9,12H2,(H,21,24). The Hall–Kier alpha value is -3.22. The van der Waals surface area contributed by atoms with Crippen molar-refractivity contribution in [2.75, 3.05) is 6.61 Å². The number of nitrogens with zero attached hydrogens (tertiary/aromatic N) is 2. The maximum Gasteiger partial charge on any atom is 0.258 e. The lowest BCUT2D eigenvalue weighted by molar-refractivity contribution is -0.123. The van der Waals surface area contributed by atoms with Crippen LogP contribution in [0.4, 0.5) is 8.78 Å². The Morgan fingerprint density at radius 2 is 1.96 bits per heavy atom. The smallest absolute Gasteiger partial charge is 0.258 e. The predicted molar refractivity (Wildman–Crippen MR) is 87.3 cm³/mol. The highest BCUT2D eigenvalue weighted by Gasteiger charge is 2.08. The summed E-state index contributed by atoms with van der Waals surface area (Å²) in [5.41, 5.74) is 1.72. The minimum Gasteiger partial charge on any atom is -0.481 e. The molecule has 0 aliphatic heterocycles. The molecule has 128 valence electrons. The van der Waals surface area contributed by atoms with E-state index in [4.69, 9.17) is 4.74 Å². The summed E-state index contributed by atoms with van der Waals surface area (Å²) >= 11 is 0. The van der Waals surface area contributed by atoms with Crippen LogP contribution in [0.2, 0.25) is 0 Å². The zero-order chi connectivity index (χ0) is 17.6. The second kappa shape index (κ2) is 7.57. The minimum absolute atomic E-state index is 0.173. The maximum atomic E-state index is 13.4. The van der Waals surface area contributed by atoms with Crippen molar-refractivity contribution in [3.05, 3.63) is 78.1 Å². The van der Waals surface area contributed by atoms with Gasteiger partial charge in [0.25, 0.3) is 5.91 Å². The van der Waals surface area contributed by atoms with Crippen LogP contribution in [-0.2, 0) is 11.3 Å². The minimum atomic E-state index is -0.850. The predicted octanol–water partition coefficient (Wildman–Crippen LogP) is 2.85. The van der Waals surface area contributed by atoms with Crippen LogP contribution in [0.5, 0.6) is 5.75 Å². The number of para-hydroxylation sites is 1. The number of rotatable bonds is 6. The molecule has 0 fully saturated rings. The van der Waals surface area contributed by atoms with Gasteiger partial charge in [0.05, 0.1) is 11.9 Å².